The molecule has 1 aromatic carbocycles. The molecule has 2 rings (SSSR count). The van der Waals surface area contributed by atoms with Crippen LogP contribution in [0.1, 0.15) is 13.8 Å². The van der Waals surface area contributed by atoms with Crippen molar-refractivity contribution in [2.75, 3.05) is 0 Å². The van der Waals surface area contributed by atoms with Crippen molar-refractivity contribution in [2.45, 2.75) is 20.4 Å². The summed E-state index contributed by atoms with van der Waals surface area (Å²) in [4.78, 5) is 23.9. The molecule has 0 fully saturated rings. The van der Waals surface area contributed by atoms with E-state index in [0.717, 1.165) is 4.57 Å². The number of hydrogen-bond donors (Lipinski definition) is 0. The summed E-state index contributed by atoms with van der Waals surface area (Å²) in [5, 5.41) is 0. The van der Waals surface area contributed by atoms with Crippen LogP contribution < -0.4 is 11.1 Å². The van der Waals surface area contributed by atoms with Gasteiger partial charge in [0.1, 0.15) is 5.82 Å². The Bertz CT molecular complexity index is 701. The van der Waals surface area contributed by atoms with Gasteiger partial charge in [-0.2, -0.15) is 0 Å². The zero-order valence-corrected chi connectivity index (χ0v) is 10.8. The van der Waals surface area contributed by atoms with Crippen LogP contribution in [0, 0.1) is 11.7 Å². The van der Waals surface area contributed by atoms with Crippen LogP contribution >= 0.6 is 0 Å². The number of hydrogen-bond acceptors (Lipinski definition) is 2. The van der Waals surface area contributed by atoms with E-state index in [0.29, 0.717) is 12.2 Å². The first-order valence-electron chi connectivity index (χ1n) is 6.07. The summed E-state index contributed by atoms with van der Waals surface area (Å²) in [6.07, 6.45) is 3.04. The van der Waals surface area contributed by atoms with Gasteiger partial charge in [0.15, 0.2) is 0 Å². The Hall–Kier alpha value is -2.17. The average molecular weight is 262 g/mol. The van der Waals surface area contributed by atoms with Crippen LogP contribution in [-0.4, -0.2) is 9.13 Å². The van der Waals surface area contributed by atoms with Crippen LogP contribution in [-0.2, 0) is 6.54 Å². The zero-order valence-electron chi connectivity index (χ0n) is 10.8. The van der Waals surface area contributed by atoms with Gasteiger partial charge in [-0.15, -0.1) is 0 Å². The summed E-state index contributed by atoms with van der Waals surface area (Å²) in [5.74, 6) is -0.183. The van der Waals surface area contributed by atoms with E-state index in [-0.39, 0.29) is 5.92 Å². The number of nitrogens with zero attached hydrogens (tertiary/aromatic N) is 2. The molecular weight excluding hydrogens is 247 g/mol. The summed E-state index contributed by atoms with van der Waals surface area (Å²) in [6, 6.07) is 5.58. The molecule has 0 aliphatic carbocycles. The van der Waals surface area contributed by atoms with Gasteiger partial charge in [-0.3, -0.25) is 14.2 Å². The fourth-order valence-corrected chi connectivity index (χ4v) is 1.87. The third-order valence-corrected chi connectivity index (χ3v) is 2.71. The van der Waals surface area contributed by atoms with Gasteiger partial charge >= 0.3 is 11.1 Å². The standard InChI is InChI=1S/C14H15FN2O2/c1-10(2)9-16-6-7-17(14(19)13(16)18)12-5-3-4-11(15)8-12/h3-8,10H,9H2,1-2H3. The smallest absolute Gasteiger partial charge is 0.309 e. The van der Waals surface area contributed by atoms with E-state index in [9.17, 15) is 14.0 Å². The van der Waals surface area contributed by atoms with E-state index in [1.165, 1.54) is 29.0 Å². The second-order valence-corrected chi connectivity index (χ2v) is 4.80. The molecule has 5 heteroatoms. The van der Waals surface area contributed by atoms with Gasteiger partial charge in [0.25, 0.3) is 0 Å². The molecule has 0 atom stereocenters. The fourth-order valence-electron chi connectivity index (χ4n) is 1.87. The maximum atomic E-state index is 13.1. The van der Waals surface area contributed by atoms with Gasteiger partial charge < -0.3 is 4.57 Å². The summed E-state index contributed by atoms with van der Waals surface area (Å²) in [6.45, 7) is 4.41. The summed E-state index contributed by atoms with van der Waals surface area (Å²) >= 11 is 0. The monoisotopic (exact) mass is 262 g/mol. The molecule has 0 amide bonds. The van der Waals surface area contributed by atoms with Crippen LogP contribution in [0.3, 0.4) is 0 Å². The highest BCUT2D eigenvalue weighted by Gasteiger charge is 2.08. The van der Waals surface area contributed by atoms with E-state index in [1.807, 2.05) is 13.8 Å². The molecular formula is C14H15FN2O2. The fraction of sp³-hybridized carbons (Fsp3) is 0.286. The third-order valence-electron chi connectivity index (χ3n) is 2.71. The molecule has 19 heavy (non-hydrogen) atoms. The first kappa shape index (κ1) is 13.3. The van der Waals surface area contributed by atoms with Gasteiger partial charge in [-0.05, 0) is 24.1 Å². The normalized spacial score (nSPS) is 10.9. The number of aromatic nitrogens is 2. The molecule has 1 heterocycles. The number of halogens is 1. The van der Waals surface area contributed by atoms with Crippen molar-refractivity contribution >= 4 is 0 Å². The Kier molecular flexibility index (Phi) is 3.64. The second-order valence-electron chi connectivity index (χ2n) is 4.80. The molecule has 0 spiro atoms. The van der Waals surface area contributed by atoms with Crippen molar-refractivity contribution in [3.8, 4) is 5.69 Å². The highest BCUT2D eigenvalue weighted by Crippen LogP contribution is 2.06. The van der Waals surface area contributed by atoms with Crippen molar-refractivity contribution in [1.29, 1.82) is 0 Å². The predicted molar refractivity (Wildman–Crippen MR) is 71.1 cm³/mol. The minimum absolute atomic E-state index is 0.266. The van der Waals surface area contributed by atoms with E-state index in [1.54, 1.807) is 12.3 Å². The van der Waals surface area contributed by atoms with Gasteiger partial charge in [0.05, 0.1) is 5.69 Å². The quantitative estimate of drug-likeness (QED) is 0.792. The molecule has 0 bridgehead atoms. The van der Waals surface area contributed by atoms with E-state index < -0.39 is 16.9 Å². The molecule has 0 aliphatic rings. The molecule has 1 aromatic heterocycles. The Morgan fingerprint density at radius 2 is 1.89 bits per heavy atom. The lowest BCUT2D eigenvalue weighted by molar-refractivity contribution is 0.504. The maximum Gasteiger partial charge on any atom is 0.320 e. The van der Waals surface area contributed by atoms with E-state index >= 15 is 0 Å². The minimum atomic E-state index is -0.672. The van der Waals surface area contributed by atoms with Crippen molar-refractivity contribution in [1.82, 2.24) is 9.13 Å². The van der Waals surface area contributed by atoms with Gasteiger partial charge in [-0.25, -0.2) is 4.39 Å². The number of rotatable bonds is 3. The SMILES string of the molecule is CC(C)Cn1ccn(-c2cccc(F)c2)c(=O)c1=O. The largest absolute Gasteiger partial charge is 0.320 e. The molecule has 4 nitrogen and oxygen atoms in total. The van der Waals surface area contributed by atoms with Gasteiger partial charge in [-0.1, -0.05) is 19.9 Å². The Labute approximate surface area is 109 Å². The molecule has 0 radical (unpaired) electrons. The Morgan fingerprint density at radius 1 is 1.16 bits per heavy atom. The van der Waals surface area contributed by atoms with Crippen molar-refractivity contribution < 1.29 is 4.39 Å². The highest BCUT2D eigenvalue weighted by atomic mass is 19.1. The molecule has 0 saturated carbocycles. The Morgan fingerprint density at radius 3 is 2.53 bits per heavy atom. The van der Waals surface area contributed by atoms with Crippen LogP contribution in [0.5, 0.6) is 0 Å². The second kappa shape index (κ2) is 5.22. The van der Waals surface area contributed by atoms with Crippen molar-refractivity contribution in [3.05, 3.63) is 63.2 Å². The first-order chi connectivity index (χ1) is 8.99. The molecule has 0 saturated heterocycles. The molecule has 0 aliphatic heterocycles. The van der Waals surface area contributed by atoms with Gasteiger partial charge in [0.2, 0.25) is 0 Å². The third kappa shape index (κ3) is 2.81. The highest BCUT2D eigenvalue weighted by molar-refractivity contribution is 5.31. The zero-order chi connectivity index (χ0) is 14.0. The van der Waals surface area contributed by atoms with E-state index in [2.05, 4.69) is 0 Å². The van der Waals surface area contributed by atoms with Crippen molar-refractivity contribution in [2.24, 2.45) is 5.92 Å². The summed E-state index contributed by atoms with van der Waals surface area (Å²) < 4.78 is 15.7. The minimum Gasteiger partial charge on any atom is -0.309 e. The predicted octanol–water partition coefficient (Wildman–Crippen LogP) is 1.79. The summed E-state index contributed by atoms with van der Waals surface area (Å²) in [5.41, 5.74) is -0.923. The topological polar surface area (TPSA) is 44.0 Å². The molecule has 2 aromatic rings. The lowest BCUT2D eigenvalue weighted by Crippen LogP contribution is -2.40. The number of benzene rings is 1. The van der Waals surface area contributed by atoms with Crippen LogP contribution in [0.15, 0.2) is 46.2 Å². The first-order valence-corrected chi connectivity index (χ1v) is 6.07. The molecule has 100 valence electrons. The molecule has 0 unspecified atom stereocenters. The van der Waals surface area contributed by atoms with Gasteiger partial charge in [0, 0.05) is 18.9 Å². The van der Waals surface area contributed by atoms with Crippen LogP contribution in [0.2, 0.25) is 0 Å². The van der Waals surface area contributed by atoms with Crippen molar-refractivity contribution in [3.63, 3.8) is 0 Å². The van der Waals surface area contributed by atoms with E-state index in [4.69, 9.17) is 0 Å². The lowest BCUT2D eigenvalue weighted by atomic mass is 10.2. The molecule has 0 N–H and O–H groups in total. The van der Waals surface area contributed by atoms with Crippen LogP contribution in [0.4, 0.5) is 4.39 Å². The lowest BCUT2D eigenvalue weighted by Gasteiger charge is -2.10. The Balaban J connectivity index is 2.53. The summed E-state index contributed by atoms with van der Waals surface area (Å²) in [7, 11) is 0. The maximum absolute atomic E-state index is 13.1. The van der Waals surface area contributed by atoms with Crippen LogP contribution in [0.25, 0.3) is 5.69 Å². The average Bonchev–Trinajstić information content (AvgIpc) is 2.35.